The Kier molecular flexibility index (Phi) is 5.39. The van der Waals surface area contributed by atoms with Gasteiger partial charge < -0.3 is 14.8 Å². The van der Waals surface area contributed by atoms with Crippen LogP contribution in [-0.4, -0.2) is 20.1 Å². The Morgan fingerprint density at radius 1 is 1.16 bits per heavy atom. The summed E-state index contributed by atoms with van der Waals surface area (Å²) in [5.41, 5.74) is 3.40. The topological polar surface area (TPSA) is 47.6 Å². The highest BCUT2D eigenvalue weighted by molar-refractivity contribution is 5.92. The van der Waals surface area contributed by atoms with Crippen LogP contribution in [0.25, 0.3) is 6.08 Å². The number of nitrogens with one attached hydrogen (secondary N) is 1. The minimum absolute atomic E-state index is 0.0832. The fourth-order valence-corrected chi connectivity index (χ4v) is 3.25. The van der Waals surface area contributed by atoms with Crippen LogP contribution in [-0.2, 0) is 11.2 Å². The molecule has 2 aromatic carbocycles. The molecule has 0 radical (unpaired) electrons. The van der Waals surface area contributed by atoms with Crippen molar-refractivity contribution >= 4 is 12.0 Å². The third-order valence-electron chi connectivity index (χ3n) is 4.54. The monoisotopic (exact) mass is 337 g/mol. The zero-order chi connectivity index (χ0) is 17.6. The number of rotatable bonds is 5. The maximum absolute atomic E-state index is 12.4. The second kappa shape index (κ2) is 7.88. The summed E-state index contributed by atoms with van der Waals surface area (Å²) in [6, 6.07) is 13.9. The van der Waals surface area contributed by atoms with Crippen molar-refractivity contribution in [3.05, 3.63) is 65.2 Å². The molecule has 2 aromatic rings. The van der Waals surface area contributed by atoms with Gasteiger partial charge in [0.25, 0.3) is 0 Å². The number of fused-ring (bicyclic) bond motifs is 1. The molecule has 0 unspecified atom stereocenters. The minimum atomic E-state index is -0.0976. The first-order chi connectivity index (χ1) is 12.2. The van der Waals surface area contributed by atoms with Gasteiger partial charge in [-0.05, 0) is 48.6 Å². The first kappa shape index (κ1) is 17.1. The van der Waals surface area contributed by atoms with E-state index in [4.69, 9.17) is 9.47 Å². The van der Waals surface area contributed by atoms with E-state index in [1.54, 1.807) is 32.4 Å². The molecule has 1 amide bonds. The lowest BCUT2D eigenvalue weighted by Crippen LogP contribution is -2.29. The molecular formula is C21H23NO3. The fraction of sp³-hybridized carbons (Fsp3) is 0.286. The SMILES string of the molecule is COc1ccc(/C=C/C(=O)N[C@H]2CCCc3ccccc32)c(OC)c1. The molecule has 0 aromatic heterocycles. The lowest BCUT2D eigenvalue weighted by molar-refractivity contribution is -0.117. The number of methoxy groups -OCH3 is 2. The van der Waals surface area contributed by atoms with Crippen LogP contribution >= 0.6 is 0 Å². The number of carbonyl (C=O) groups is 1. The number of aryl methyl sites for hydroxylation is 1. The van der Waals surface area contributed by atoms with Gasteiger partial charge in [0.1, 0.15) is 11.5 Å². The second-order valence-corrected chi connectivity index (χ2v) is 6.09. The van der Waals surface area contributed by atoms with E-state index < -0.39 is 0 Å². The molecule has 0 saturated carbocycles. The van der Waals surface area contributed by atoms with Crippen molar-refractivity contribution in [2.24, 2.45) is 0 Å². The Bertz CT molecular complexity index is 782. The van der Waals surface area contributed by atoms with Gasteiger partial charge in [0.05, 0.1) is 20.3 Å². The van der Waals surface area contributed by atoms with E-state index >= 15 is 0 Å². The van der Waals surface area contributed by atoms with Gasteiger partial charge in [-0.25, -0.2) is 0 Å². The molecule has 1 N–H and O–H groups in total. The number of hydrogen-bond acceptors (Lipinski definition) is 3. The van der Waals surface area contributed by atoms with Crippen LogP contribution < -0.4 is 14.8 Å². The molecule has 1 aliphatic rings. The normalized spacial score (nSPS) is 16.3. The molecule has 4 nitrogen and oxygen atoms in total. The number of benzene rings is 2. The Balaban J connectivity index is 1.70. The van der Waals surface area contributed by atoms with E-state index in [-0.39, 0.29) is 11.9 Å². The van der Waals surface area contributed by atoms with E-state index in [2.05, 4.69) is 23.5 Å². The van der Waals surface area contributed by atoms with Crippen LogP contribution in [0, 0.1) is 0 Å². The van der Waals surface area contributed by atoms with Gasteiger partial charge in [0.15, 0.2) is 0 Å². The maximum atomic E-state index is 12.4. The molecule has 0 aliphatic heterocycles. The van der Waals surface area contributed by atoms with Crippen molar-refractivity contribution in [2.45, 2.75) is 25.3 Å². The number of ether oxygens (including phenoxy) is 2. The van der Waals surface area contributed by atoms with Crippen molar-refractivity contribution < 1.29 is 14.3 Å². The first-order valence-corrected chi connectivity index (χ1v) is 8.49. The fourth-order valence-electron chi connectivity index (χ4n) is 3.25. The molecule has 0 spiro atoms. The van der Waals surface area contributed by atoms with Crippen LogP contribution in [0.5, 0.6) is 11.5 Å². The maximum Gasteiger partial charge on any atom is 0.244 e. The van der Waals surface area contributed by atoms with Gasteiger partial charge in [-0.2, -0.15) is 0 Å². The number of hydrogen-bond donors (Lipinski definition) is 1. The predicted molar refractivity (Wildman–Crippen MR) is 98.8 cm³/mol. The number of amides is 1. The quantitative estimate of drug-likeness (QED) is 0.842. The summed E-state index contributed by atoms with van der Waals surface area (Å²) in [6.45, 7) is 0. The first-order valence-electron chi connectivity index (χ1n) is 8.49. The molecule has 0 bridgehead atoms. The summed E-state index contributed by atoms with van der Waals surface area (Å²) in [6.07, 6.45) is 6.48. The van der Waals surface area contributed by atoms with Crippen LogP contribution in [0.1, 0.15) is 35.6 Å². The summed E-state index contributed by atoms with van der Waals surface area (Å²) >= 11 is 0. The largest absolute Gasteiger partial charge is 0.497 e. The highest BCUT2D eigenvalue weighted by Gasteiger charge is 2.20. The standard InChI is InChI=1S/C21H23NO3/c1-24-17-12-10-16(20(14-17)25-2)11-13-21(23)22-19-9-5-7-15-6-3-4-8-18(15)19/h3-4,6,8,10-14,19H,5,7,9H2,1-2H3,(H,22,23)/b13-11+/t19-/m0/s1. The van der Waals surface area contributed by atoms with Gasteiger partial charge in [-0.15, -0.1) is 0 Å². The van der Waals surface area contributed by atoms with Gasteiger partial charge >= 0.3 is 0 Å². The average molecular weight is 337 g/mol. The van der Waals surface area contributed by atoms with E-state index in [1.807, 2.05) is 18.2 Å². The Labute approximate surface area is 148 Å². The van der Waals surface area contributed by atoms with E-state index in [0.717, 1.165) is 30.6 Å². The summed E-state index contributed by atoms with van der Waals surface area (Å²) < 4.78 is 10.5. The molecule has 3 rings (SSSR count). The van der Waals surface area contributed by atoms with Gasteiger partial charge in [-0.1, -0.05) is 24.3 Å². The predicted octanol–water partition coefficient (Wildman–Crippen LogP) is 3.91. The van der Waals surface area contributed by atoms with Crippen LogP contribution in [0.3, 0.4) is 0 Å². The zero-order valence-electron chi connectivity index (χ0n) is 14.6. The molecule has 130 valence electrons. The van der Waals surface area contributed by atoms with Crippen LogP contribution in [0.15, 0.2) is 48.5 Å². The smallest absolute Gasteiger partial charge is 0.244 e. The molecule has 4 heteroatoms. The molecule has 1 aliphatic carbocycles. The van der Waals surface area contributed by atoms with Crippen LogP contribution in [0.4, 0.5) is 0 Å². The Morgan fingerprint density at radius 3 is 2.80 bits per heavy atom. The molecule has 0 fully saturated rings. The number of carbonyl (C=O) groups excluding carboxylic acids is 1. The Hall–Kier alpha value is -2.75. The van der Waals surface area contributed by atoms with Gasteiger partial charge in [0.2, 0.25) is 5.91 Å². The summed E-state index contributed by atoms with van der Waals surface area (Å²) in [4.78, 5) is 12.4. The lowest BCUT2D eigenvalue weighted by Gasteiger charge is -2.25. The third kappa shape index (κ3) is 4.02. The molecule has 0 heterocycles. The molecule has 1 atom stereocenters. The van der Waals surface area contributed by atoms with Gasteiger partial charge in [-0.3, -0.25) is 4.79 Å². The minimum Gasteiger partial charge on any atom is -0.497 e. The highest BCUT2D eigenvalue weighted by atomic mass is 16.5. The summed E-state index contributed by atoms with van der Waals surface area (Å²) in [7, 11) is 3.21. The average Bonchev–Trinajstić information content (AvgIpc) is 2.66. The highest BCUT2D eigenvalue weighted by Crippen LogP contribution is 2.29. The van der Waals surface area contributed by atoms with Crippen molar-refractivity contribution in [1.82, 2.24) is 5.32 Å². The summed E-state index contributed by atoms with van der Waals surface area (Å²) in [5.74, 6) is 1.29. The molecular weight excluding hydrogens is 314 g/mol. The third-order valence-corrected chi connectivity index (χ3v) is 4.54. The van der Waals surface area contributed by atoms with E-state index in [9.17, 15) is 4.79 Å². The van der Waals surface area contributed by atoms with Crippen molar-refractivity contribution in [3.63, 3.8) is 0 Å². The second-order valence-electron chi connectivity index (χ2n) is 6.09. The van der Waals surface area contributed by atoms with E-state index in [1.165, 1.54) is 11.1 Å². The molecule has 25 heavy (non-hydrogen) atoms. The van der Waals surface area contributed by atoms with Gasteiger partial charge in [0, 0.05) is 17.7 Å². The van der Waals surface area contributed by atoms with Crippen molar-refractivity contribution in [2.75, 3.05) is 14.2 Å². The lowest BCUT2D eigenvalue weighted by atomic mass is 9.88. The van der Waals surface area contributed by atoms with E-state index in [0.29, 0.717) is 5.75 Å². The summed E-state index contributed by atoms with van der Waals surface area (Å²) in [5, 5.41) is 3.11. The molecule has 0 saturated heterocycles. The van der Waals surface area contributed by atoms with Crippen molar-refractivity contribution in [3.8, 4) is 11.5 Å². The zero-order valence-corrected chi connectivity index (χ0v) is 14.6. The van der Waals surface area contributed by atoms with Crippen LogP contribution in [0.2, 0.25) is 0 Å². The van der Waals surface area contributed by atoms with Crippen molar-refractivity contribution in [1.29, 1.82) is 0 Å². The Morgan fingerprint density at radius 2 is 2.00 bits per heavy atom.